The van der Waals surface area contributed by atoms with E-state index in [9.17, 15) is 0 Å². The van der Waals surface area contributed by atoms with Crippen LogP contribution in [0.25, 0.3) is 10.9 Å². The third-order valence-corrected chi connectivity index (χ3v) is 5.55. The van der Waals surface area contributed by atoms with Gasteiger partial charge in [-0.2, -0.15) is 0 Å². The van der Waals surface area contributed by atoms with Gasteiger partial charge in [-0.3, -0.25) is 0 Å². The lowest BCUT2D eigenvalue weighted by Gasteiger charge is -2.12. The molecule has 1 aromatic heterocycles. The fraction of sp³-hybridized carbons (Fsp3) is 0.560. The molecule has 0 N–H and O–H groups in total. The van der Waals surface area contributed by atoms with E-state index in [4.69, 9.17) is 4.84 Å². The number of benzene rings is 1. The van der Waals surface area contributed by atoms with Crippen LogP contribution in [-0.4, -0.2) is 10.3 Å². The Hall–Kier alpha value is -2.03. The molecule has 3 heteroatoms. The van der Waals surface area contributed by atoms with Gasteiger partial charge in [0.05, 0.1) is 5.71 Å². The number of oxime groups is 1. The molecule has 0 spiro atoms. The van der Waals surface area contributed by atoms with E-state index in [2.05, 4.69) is 67.5 Å². The summed E-state index contributed by atoms with van der Waals surface area (Å²) in [6, 6.07) is 8.64. The van der Waals surface area contributed by atoms with Crippen LogP contribution in [0, 0.1) is 5.92 Å². The van der Waals surface area contributed by atoms with Crippen LogP contribution in [0.1, 0.15) is 84.6 Å². The highest BCUT2D eigenvalue weighted by Crippen LogP contribution is 2.23. The molecule has 1 aromatic carbocycles. The van der Waals surface area contributed by atoms with Gasteiger partial charge in [0.15, 0.2) is 0 Å². The molecule has 0 saturated heterocycles. The van der Waals surface area contributed by atoms with Crippen molar-refractivity contribution in [2.24, 2.45) is 11.1 Å². The summed E-state index contributed by atoms with van der Waals surface area (Å²) in [5, 5.41) is 5.63. The second-order valence-corrected chi connectivity index (χ2v) is 7.94. The summed E-state index contributed by atoms with van der Waals surface area (Å²) >= 11 is 0. The largest absolute Gasteiger partial charge is 0.362 e. The highest BCUT2D eigenvalue weighted by molar-refractivity contribution is 6.09. The third-order valence-electron chi connectivity index (χ3n) is 5.55. The smallest absolute Gasteiger partial charge is 0.130 e. The molecular weight excluding hydrogens is 344 g/mol. The molecule has 0 bridgehead atoms. The number of aromatic nitrogens is 1. The molecule has 0 amide bonds. The van der Waals surface area contributed by atoms with Crippen LogP contribution in [0.4, 0.5) is 0 Å². The monoisotopic (exact) mass is 382 g/mol. The Balaban J connectivity index is 2.04. The van der Waals surface area contributed by atoms with Gasteiger partial charge in [0.2, 0.25) is 0 Å². The van der Waals surface area contributed by atoms with Gasteiger partial charge in [-0.25, -0.2) is 0 Å². The quantitative estimate of drug-likeness (QED) is 0.151. The van der Waals surface area contributed by atoms with Crippen molar-refractivity contribution in [2.75, 3.05) is 0 Å². The molecular formula is C25H38N2O. The summed E-state index contributed by atoms with van der Waals surface area (Å²) < 4.78 is 2.37. The first-order chi connectivity index (χ1) is 13.6. The molecule has 3 nitrogen and oxygen atoms in total. The average Bonchev–Trinajstić information content (AvgIpc) is 3.12. The van der Waals surface area contributed by atoms with Crippen molar-refractivity contribution in [2.45, 2.75) is 85.6 Å². The summed E-state index contributed by atoms with van der Waals surface area (Å²) in [7, 11) is 0. The Labute approximate surface area is 171 Å². The first kappa shape index (κ1) is 22.3. The highest BCUT2D eigenvalue weighted by Gasteiger charge is 2.11. The summed E-state index contributed by atoms with van der Waals surface area (Å²) in [6.07, 6.45) is 12.2. The van der Waals surface area contributed by atoms with E-state index in [1.165, 1.54) is 55.8 Å². The summed E-state index contributed by atoms with van der Waals surface area (Å²) in [6.45, 7) is 13.8. The van der Waals surface area contributed by atoms with Crippen LogP contribution in [-0.2, 0) is 11.4 Å². The van der Waals surface area contributed by atoms with Crippen LogP contribution in [0.15, 0.2) is 48.0 Å². The lowest BCUT2D eigenvalue weighted by molar-refractivity contribution is 0.190. The molecule has 0 fully saturated rings. The molecule has 0 radical (unpaired) electrons. The number of rotatable bonds is 13. The Morgan fingerprint density at radius 1 is 1.07 bits per heavy atom. The number of aryl methyl sites for hydroxylation is 1. The van der Waals surface area contributed by atoms with Gasteiger partial charge in [-0.1, -0.05) is 83.2 Å². The molecule has 154 valence electrons. The zero-order valence-electron chi connectivity index (χ0n) is 18.3. The molecule has 0 aliphatic heterocycles. The molecule has 0 unspecified atom stereocenters. The molecule has 2 rings (SSSR count). The van der Waals surface area contributed by atoms with E-state index in [1.807, 2.05) is 6.92 Å². The summed E-state index contributed by atoms with van der Waals surface area (Å²) in [5.74, 6) is 1.09. The number of hydrogen-bond donors (Lipinski definition) is 0. The Morgan fingerprint density at radius 2 is 1.82 bits per heavy atom. The summed E-state index contributed by atoms with van der Waals surface area (Å²) in [5.41, 5.74) is 3.31. The van der Waals surface area contributed by atoms with Gasteiger partial charge < -0.3 is 9.40 Å². The lowest BCUT2D eigenvalue weighted by Crippen LogP contribution is -2.03. The number of fused-ring (bicyclic) bond motifs is 1. The fourth-order valence-electron chi connectivity index (χ4n) is 3.56. The Bertz CT molecular complexity index is 772. The van der Waals surface area contributed by atoms with Crippen molar-refractivity contribution in [3.05, 3.63) is 48.4 Å². The first-order valence-corrected chi connectivity index (χ1v) is 11.1. The van der Waals surface area contributed by atoms with Crippen LogP contribution >= 0.6 is 0 Å². The van der Waals surface area contributed by atoms with Gasteiger partial charge in [-0.15, -0.1) is 0 Å². The van der Waals surface area contributed by atoms with E-state index in [0.29, 0.717) is 5.92 Å². The number of allylic oxidation sites excluding steroid dienone is 1. The predicted octanol–water partition coefficient (Wildman–Crippen LogP) is 7.69. The SMILES string of the molecule is C=C(O/N=C(\C)c1cccc2c1ccn2CCCCCCC)[C@@H](C)CCCC. The van der Waals surface area contributed by atoms with Gasteiger partial charge in [0.25, 0.3) is 0 Å². The minimum atomic E-state index is 0.334. The van der Waals surface area contributed by atoms with Crippen molar-refractivity contribution >= 4 is 16.6 Å². The van der Waals surface area contributed by atoms with Crippen molar-refractivity contribution in [1.29, 1.82) is 0 Å². The Kier molecular flexibility index (Phi) is 9.33. The maximum Gasteiger partial charge on any atom is 0.130 e. The predicted molar refractivity (Wildman–Crippen MR) is 122 cm³/mol. The van der Waals surface area contributed by atoms with E-state index >= 15 is 0 Å². The van der Waals surface area contributed by atoms with Gasteiger partial charge in [-0.05, 0) is 31.9 Å². The normalized spacial score (nSPS) is 13.1. The van der Waals surface area contributed by atoms with Crippen molar-refractivity contribution in [1.82, 2.24) is 4.57 Å². The fourth-order valence-corrected chi connectivity index (χ4v) is 3.56. The topological polar surface area (TPSA) is 26.5 Å². The maximum atomic E-state index is 5.66. The third kappa shape index (κ3) is 6.25. The van der Waals surface area contributed by atoms with Crippen molar-refractivity contribution in [3.63, 3.8) is 0 Å². The number of hydrogen-bond acceptors (Lipinski definition) is 2. The minimum absolute atomic E-state index is 0.334. The second kappa shape index (κ2) is 11.7. The van der Waals surface area contributed by atoms with Crippen LogP contribution < -0.4 is 0 Å². The zero-order valence-corrected chi connectivity index (χ0v) is 18.3. The molecule has 28 heavy (non-hydrogen) atoms. The average molecular weight is 383 g/mol. The van der Waals surface area contributed by atoms with Gasteiger partial charge >= 0.3 is 0 Å². The van der Waals surface area contributed by atoms with E-state index < -0.39 is 0 Å². The van der Waals surface area contributed by atoms with Crippen LogP contribution in [0.5, 0.6) is 0 Å². The van der Waals surface area contributed by atoms with Crippen LogP contribution in [0.3, 0.4) is 0 Å². The van der Waals surface area contributed by atoms with Gasteiger partial charge in [0.1, 0.15) is 5.76 Å². The molecule has 0 saturated carbocycles. The highest BCUT2D eigenvalue weighted by atomic mass is 16.6. The lowest BCUT2D eigenvalue weighted by atomic mass is 10.0. The van der Waals surface area contributed by atoms with Gasteiger partial charge in [0, 0.05) is 35.1 Å². The van der Waals surface area contributed by atoms with E-state index in [1.54, 1.807) is 0 Å². The van der Waals surface area contributed by atoms with Crippen molar-refractivity contribution in [3.8, 4) is 0 Å². The molecule has 2 aromatic rings. The first-order valence-electron chi connectivity index (χ1n) is 11.1. The Morgan fingerprint density at radius 3 is 2.57 bits per heavy atom. The minimum Gasteiger partial charge on any atom is -0.362 e. The standard InChI is InChI=1S/C25H38N2O/c1-6-8-10-11-12-18-27-19-17-24-23(15-13-16-25(24)27)21(4)26-28-22(5)20(3)14-9-7-2/h13,15-17,19-20H,5-12,14,18H2,1-4H3/b26-21+/t20-/m0/s1. The molecule has 1 heterocycles. The maximum absolute atomic E-state index is 5.66. The second-order valence-electron chi connectivity index (χ2n) is 7.94. The molecule has 0 aliphatic carbocycles. The number of unbranched alkanes of at least 4 members (excludes halogenated alkanes) is 5. The van der Waals surface area contributed by atoms with E-state index in [0.717, 1.165) is 30.0 Å². The molecule has 1 atom stereocenters. The van der Waals surface area contributed by atoms with E-state index in [-0.39, 0.29) is 0 Å². The molecule has 0 aliphatic rings. The zero-order chi connectivity index (χ0) is 20.4. The summed E-state index contributed by atoms with van der Waals surface area (Å²) in [4.78, 5) is 5.66. The number of nitrogens with zero attached hydrogens (tertiary/aromatic N) is 2. The van der Waals surface area contributed by atoms with Crippen molar-refractivity contribution < 1.29 is 4.84 Å². The van der Waals surface area contributed by atoms with Crippen LogP contribution in [0.2, 0.25) is 0 Å².